The van der Waals surface area contributed by atoms with E-state index in [4.69, 9.17) is 32.7 Å². The SMILES string of the molecule is COc1ccc2c(c1)C(O)CCN2C(=O)c1c(Cl)ccc(Cl)c1OC. The Hall–Kier alpha value is -1.95. The number of nitrogens with zero attached hydrogens (tertiary/aromatic N) is 1. The predicted molar refractivity (Wildman–Crippen MR) is 97.3 cm³/mol. The number of ether oxygens (including phenoxy) is 2. The van der Waals surface area contributed by atoms with Crippen molar-refractivity contribution in [2.24, 2.45) is 0 Å². The van der Waals surface area contributed by atoms with Gasteiger partial charge in [0.05, 0.1) is 36.1 Å². The molecule has 1 amide bonds. The van der Waals surface area contributed by atoms with Gasteiger partial charge in [0.15, 0.2) is 5.75 Å². The Morgan fingerprint density at radius 1 is 1.16 bits per heavy atom. The number of hydrogen-bond donors (Lipinski definition) is 1. The van der Waals surface area contributed by atoms with Crippen LogP contribution in [0.2, 0.25) is 10.0 Å². The first-order valence-electron chi connectivity index (χ1n) is 7.67. The first-order chi connectivity index (χ1) is 12.0. The van der Waals surface area contributed by atoms with E-state index in [1.165, 1.54) is 7.11 Å². The first kappa shape index (κ1) is 17.9. The molecule has 1 N–H and O–H groups in total. The van der Waals surface area contributed by atoms with E-state index in [9.17, 15) is 9.90 Å². The van der Waals surface area contributed by atoms with Gasteiger partial charge in [-0.2, -0.15) is 0 Å². The predicted octanol–water partition coefficient (Wildman–Crippen LogP) is 4.09. The molecular weight excluding hydrogens is 365 g/mol. The smallest absolute Gasteiger partial charge is 0.263 e. The number of hydrogen-bond acceptors (Lipinski definition) is 4. The number of halogens is 2. The third-order valence-corrected chi connectivity index (χ3v) is 4.85. The number of benzene rings is 2. The summed E-state index contributed by atoms with van der Waals surface area (Å²) in [6.45, 7) is 0.353. The van der Waals surface area contributed by atoms with E-state index in [2.05, 4.69) is 0 Å². The molecule has 1 atom stereocenters. The minimum absolute atomic E-state index is 0.204. The number of methoxy groups -OCH3 is 2. The Morgan fingerprint density at radius 2 is 1.88 bits per heavy atom. The van der Waals surface area contributed by atoms with Gasteiger partial charge in [0.25, 0.3) is 5.91 Å². The number of aliphatic hydroxyl groups is 1. The van der Waals surface area contributed by atoms with Crippen molar-refractivity contribution in [1.82, 2.24) is 0 Å². The zero-order valence-electron chi connectivity index (χ0n) is 13.8. The van der Waals surface area contributed by atoms with Crippen molar-refractivity contribution in [3.05, 3.63) is 51.5 Å². The molecule has 1 heterocycles. The van der Waals surface area contributed by atoms with Crippen LogP contribution >= 0.6 is 23.2 Å². The molecule has 5 nitrogen and oxygen atoms in total. The highest BCUT2D eigenvalue weighted by Gasteiger charge is 2.31. The van der Waals surface area contributed by atoms with Gasteiger partial charge < -0.3 is 19.5 Å². The summed E-state index contributed by atoms with van der Waals surface area (Å²) < 4.78 is 10.5. The van der Waals surface area contributed by atoms with Gasteiger partial charge in [-0.05, 0) is 36.8 Å². The molecule has 0 aromatic heterocycles. The lowest BCUT2D eigenvalue weighted by molar-refractivity contribution is 0.0967. The van der Waals surface area contributed by atoms with Crippen LogP contribution in [0.5, 0.6) is 11.5 Å². The molecule has 0 saturated carbocycles. The van der Waals surface area contributed by atoms with E-state index >= 15 is 0 Å². The maximum absolute atomic E-state index is 13.2. The fourth-order valence-electron chi connectivity index (χ4n) is 2.98. The maximum atomic E-state index is 13.2. The van der Waals surface area contributed by atoms with Gasteiger partial charge in [-0.25, -0.2) is 0 Å². The molecule has 0 bridgehead atoms. The fourth-order valence-corrected chi connectivity index (χ4v) is 3.44. The summed E-state index contributed by atoms with van der Waals surface area (Å²) in [6.07, 6.45) is -0.252. The molecule has 2 aromatic rings. The molecule has 7 heteroatoms. The Labute approximate surface area is 155 Å². The van der Waals surface area contributed by atoms with Crippen LogP contribution in [0.3, 0.4) is 0 Å². The Balaban J connectivity index is 2.09. The largest absolute Gasteiger partial charge is 0.497 e. The van der Waals surface area contributed by atoms with E-state index in [0.717, 1.165) is 0 Å². The molecule has 1 aliphatic rings. The summed E-state index contributed by atoms with van der Waals surface area (Å²) in [7, 11) is 2.99. The molecule has 0 aliphatic carbocycles. The molecule has 132 valence electrons. The van der Waals surface area contributed by atoms with Gasteiger partial charge in [0, 0.05) is 12.1 Å². The normalized spacial score (nSPS) is 16.4. The number of fused-ring (bicyclic) bond motifs is 1. The third kappa shape index (κ3) is 3.15. The van der Waals surface area contributed by atoms with Gasteiger partial charge >= 0.3 is 0 Å². The van der Waals surface area contributed by atoms with Crippen molar-refractivity contribution in [2.75, 3.05) is 25.7 Å². The molecule has 0 saturated heterocycles. The Bertz CT molecular complexity index is 825. The lowest BCUT2D eigenvalue weighted by Crippen LogP contribution is -2.37. The Kier molecular flexibility index (Phi) is 5.08. The van der Waals surface area contributed by atoms with Gasteiger partial charge in [-0.3, -0.25) is 4.79 Å². The van der Waals surface area contributed by atoms with Crippen molar-refractivity contribution in [1.29, 1.82) is 0 Å². The quantitative estimate of drug-likeness (QED) is 0.869. The summed E-state index contributed by atoms with van der Waals surface area (Å²) in [5, 5.41) is 10.9. The maximum Gasteiger partial charge on any atom is 0.263 e. The van der Waals surface area contributed by atoms with E-state index in [-0.39, 0.29) is 22.2 Å². The van der Waals surface area contributed by atoms with Crippen molar-refractivity contribution < 1.29 is 19.4 Å². The van der Waals surface area contributed by atoms with Crippen LogP contribution in [-0.4, -0.2) is 31.8 Å². The van der Waals surface area contributed by atoms with Crippen LogP contribution in [0.25, 0.3) is 0 Å². The molecule has 1 unspecified atom stereocenters. The monoisotopic (exact) mass is 381 g/mol. The number of aliphatic hydroxyl groups excluding tert-OH is 1. The average Bonchev–Trinajstić information content (AvgIpc) is 2.63. The number of amides is 1. The number of carbonyl (C=O) groups is 1. The molecule has 0 fully saturated rings. The zero-order chi connectivity index (χ0) is 18.1. The molecule has 3 rings (SSSR count). The number of anilines is 1. The second kappa shape index (κ2) is 7.12. The summed E-state index contributed by atoms with van der Waals surface area (Å²) in [4.78, 5) is 14.7. The number of rotatable bonds is 3. The molecule has 0 spiro atoms. The second-order valence-electron chi connectivity index (χ2n) is 5.62. The topological polar surface area (TPSA) is 59.0 Å². The average molecular weight is 382 g/mol. The van der Waals surface area contributed by atoms with E-state index in [1.807, 2.05) is 0 Å². The highest BCUT2D eigenvalue weighted by Crippen LogP contribution is 2.40. The second-order valence-corrected chi connectivity index (χ2v) is 6.44. The van der Waals surface area contributed by atoms with Crippen LogP contribution < -0.4 is 14.4 Å². The molecule has 25 heavy (non-hydrogen) atoms. The minimum Gasteiger partial charge on any atom is -0.497 e. The van der Waals surface area contributed by atoms with Crippen LogP contribution in [0.1, 0.15) is 28.4 Å². The van der Waals surface area contributed by atoms with Crippen LogP contribution in [0.15, 0.2) is 30.3 Å². The molecule has 2 aromatic carbocycles. The van der Waals surface area contributed by atoms with Crippen molar-refractivity contribution in [3.8, 4) is 11.5 Å². The van der Waals surface area contributed by atoms with Gasteiger partial charge in [0.1, 0.15) is 11.3 Å². The zero-order valence-corrected chi connectivity index (χ0v) is 15.3. The third-order valence-electron chi connectivity index (χ3n) is 4.23. The fraction of sp³-hybridized carbons (Fsp3) is 0.278. The van der Waals surface area contributed by atoms with Gasteiger partial charge in [-0.15, -0.1) is 0 Å². The van der Waals surface area contributed by atoms with Crippen LogP contribution in [-0.2, 0) is 0 Å². The van der Waals surface area contributed by atoms with Gasteiger partial charge in [0.2, 0.25) is 0 Å². The summed E-state index contributed by atoms with van der Waals surface area (Å²) in [5.41, 5.74) is 1.45. The highest BCUT2D eigenvalue weighted by molar-refractivity contribution is 6.38. The number of carbonyl (C=O) groups excluding carboxylic acids is 1. The van der Waals surface area contributed by atoms with E-state index in [0.29, 0.717) is 35.0 Å². The van der Waals surface area contributed by atoms with Crippen LogP contribution in [0, 0.1) is 0 Å². The van der Waals surface area contributed by atoms with E-state index < -0.39 is 6.10 Å². The minimum atomic E-state index is -0.661. The summed E-state index contributed by atoms with van der Waals surface area (Å²) in [6, 6.07) is 8.37. The first-order valence-corrected chi connectivity index (χ1v) is 8.43. The summed E-state index contributed by atoms with van der Waals surface area (Å²) in [5.74, 6) is 0.522. The summed E-state index contributed by atoms with van der Waals surface area (Å²) >= 11 is 12.4. The van der Waals surface area contributed by atoms with E-state index in [1.54, 1.807) is 42.3 Å². The Morgan fingerprint density at radius 3 is 2.56 bits per heavy atom. The van der Waals surface area contributed by atoms with Gasteiger partial charge in [-0.1, -0.05) is 23.2 Å². The molecular formula is C18H17Cl2NO4. The van der Waals surface area contributed by atoms with Crippen molar-refractivity contribution in [2.45, 2.75) is 12.5 Å². The van der Waals surface area contributed by atoms with Crippen molar-refractivity contribution >= 4 is 34.8 Å². The van der Waals surface area contributed by atoms with Crippen LogP contribution in [0.4, 0.5) is 5.69 Å². The standard InChI is InChI=1S/C18H17Cl2NO4/c1-24-10-3-6-14-11(9-10)15(22)7-8-21(14)18(23)16-12(19)4-5-13(20)17(16)25-2/h3-6,9,15,22H,7-8H2,1-2H3. The lowest BCUT2D eigenvalue weighted by Gasteiger charge is -2.33. The molecule has 1 aliphatic heterocycles. The lowest BCUT2D eigenvalue weighted by atomic mass is 9.97. The molecule has 0 radical (unpaired) electrons. The highest BCUT2D eigenvalue weighted by atomic mass is 35.5. The van der Waals surface area contributed by atoms with Crippen molar-refractivity contribution in [3.63, 3.8) is 0 Å².